The zero-order chi connectivity index (χ0) is 11.1. The molecule has 0 radical (unpaired) electrons. The molecule has 1 N–H and O–H groups in total. The Labute approximate surface area is 95.2 Å². The number of hydrogen-bond donors (Lipinski definition) is 1. The monoisotopic (exact) mass is 226 g/mol. The molecule has 0 atom stereocenters. The molecule has 0 aromatic carbocycles. The van der Waals surface area contributed by atoms with Crippen molar-refractivity contribution in [3.05, 3.63) is 28.2 Å². The lowest BCUT2D eigenvalue weighted by Crippen LogP contribution is -2.19. The molecule has 1 heterocycles. The summed E-state index contributed by atoms with van der Waals surface area (Å²) in [7, 11) is 0. The highest BCUT2D eigenvalue weighted by molar-refractivity contribution is 7.09. The predicted octanol–water partition coefficient (Wildman–Crippen LogP) is 2.13. The Morgan fingerprint density at radius 2 is 2.47 bits per heavy atom. The van der Waals surface area contributed by atoms with Crippen molar-refractivity contribution in [1.29, 1.82) is 0 Å². The number of ether oxygens (including phenoxy) is 1. The summed E-state index contributed by atoms with van der Waals surface area (Å²) in [6, 6.07) is 0. The quantitative estimate of drug-likeness (QED) is 0.571. The molecular weight excluding hydrogens is 208 g/mol. The molecule has 0 unspecified atom stereocenters. The number of hydrogen-bond acceptors (Lipinski definition) is 4. The van der Waals surface area contributed by atoms with Crippen LogP contribution in [-0.4, -0.2) is 24.7 Å². The molecule has 0 aliphatic rings. The van der Waals surface area contributed by atoms with E-state index in [1.54, 1.807) is 11.3 Å². The summed E-state index contributed by atoms with van der Waals surface area (Å²) < 4.78 is 5.36. The molecule has 15 heavy (non-hydrogen) atoms. The molecule has 3 nitrogen and oxygen atoms in total. The van der Waals surface area contributed by atoms with E-state index in [2.05, 4.69) is 22.3 Å². The highest BCUT2D eigenvalue weighted by Crippen LogP contribution is 2.06. The van der Waals surface area contributed by atoms with E-state index < -0.39 is 0 Å². The molecule has 0 fully saturated rings. The van der Waals surface area contributed by atoms with Crippen LogP contribution < -0.4 is 5.32 Å². The van der Waals surface area contributed by atoms with Crippen LogP contribution in [0.25, 0.3) is 0 Å². The van der Waals surface area contributed by atoms with Crippen LogP contribution in [0.2, 0.25) is 0 Å². The second-order valence-corrected chi connectivity index (χ2v) is 4.61. The minimum atomic E-state index is 0.650. The second-order valence-electron chi connectivity index (χ2n) is 3.54. The largest absolute Gasteiger partial charge is 0.376 e. The molecule has 84 valence electrons. The Morgan fingerprint density at radius 1 is 1.67 bits per heavy atom. The number of aryl methyl sites for hydroxylation is 1. The fraction of sp³-hybridized carbons (Fsp3) is 0.545. The van der Waals surface area contributed by atoms with Crippen molar-refractivity contribution in [3.63, 3.8) is 0 Å². The number of aromatic nitrogens is 1. The second kappa shape index (κ2) is 6.71. The minimum Gasteiger partial charge on any atom is -0.376 e. The summed E-state index contributed by atoms with van der Waals surface area (Å²) in [5.74, 6) is 0. The maximum absolute atomic E-state index is 5.36. The molecule has 0 bridgehead atoms. The first kappa shape index (κ1) is 12.4. The van der Waals surface area contributed by atoms with E-state index in [-0.39, 0.29) is 0 Å². The van der Waals surface area contributed by atoms with Crippen molar-refractivity contribution in [2.45, 2.75) is 20.4 Å². The molecule has 0 aliphatic carbocycles. The lowest BCUT2D eigenvalue weighted by Gasteiger charge is -2.04. The number of rotatable bonds is 7. The van der Waals surface area contributed by atoms with E-state index in [1.807, 2.05) is 13.8 Å². The van der Waals surface area contributed by atoms with Gasteiger partial charge in [-0.3, -0.25) is 0 Å². The summed E-state index contributed by atoms with van der Waals surface area (Å²) in [5.41, 5.74) is 2.17. The van der Waals surface area contributed by atoms with Gasteiger partial charge in [0.25, 0.3) is 0 Å². The maximum atomic E-state index is 5.36. The van der Waals surface area contributed by atoms with Gasteiger partial charge in [0.1, 0.15) is 0 Å². The van der Waals surface area contributed by atoms with Gasteiger partial charge in [0.15, 0.2) is 0 Å². The zero-order valence-corrected chi connectivity index (χ0v) is 10.2. The van der Waals surface area contributed by atoms with Gasteiger partial charge < -0.3 is 10.1 Å². The third-order valence-electron chi connectivity index (χ3n) is 1.74. The van der Waals surface area contributed by atoms with E-state index in [0.29, 0.717) is 6.61 Å². The lowest BCUT2D eigenvalue weighted by molar-refractivity contribution is 0.157. The molecule has 1 aromatic heterocycles. The van der Waals surface area contributed by atoms with Crippen molar-refractivity contribution in [1.82, 2.24) is 10.3 Å². The fourth-order valence-electron chi connectivity index (χ4n) is 1.10. The number of nitrogens with zero attached hydrogens (tertiary/aromatic N) is 1. The normalized spacial score (nSPS) is 10.5. The summed E-state index contributed by atoms with van der Waals surface area (Å²) in [6.45, 7) is 10.8. The van der Waals surface area contributed by atoms with Crippen LogP contribution in [0.5, 0.6) is 0 Å². The van der Waals surface area contributed by atoms with Gasteiger partial charge in [-0.15, -0.1) is 11.3 Å². The van der Waals surface area contributed by atoms with E-state index >= 15 is 0 Å². The Balaban J connectivity index is 2.00. The third kappa shape index (κ3) is 5.67. The summed E-state index contributed by atoms with van der Waals surface area (Å²) in [5, 5.41) is 6.47. The Morgan fingerprint density at radius 3 is 3.07 bits per heavy atom. The smallest absolute Gasteiger partial charge is 0.0897 e. The van der Waals surface area contributed by atoms with Gasteiger partial charge in [-0.1, -0.05) is 12.2 Å². The Hall–Kier alpha value is -0.710. The van der Waals surface area contributed by atoms with Crippen LogP contribution in [0.1, 0.15) is 17.6 Å². The highest BCUT2D eigenvalue weighted by atomic mass is 32.1. The first-order valence-corrected chi connectivity index (χ1v) is 5.90. The van der Waals surface area contributed by atoms with Crippen molar-refractivity contribution in [3.8, 4) is 0 Å². The Kier molecular flexibility index (Phi) is 5.53. The molecule has 0 amide bonds. The van der Waals surface area contributed by atoms with Gasteiger partial charge in [0, 0.05) is 18.5 Å². The molecule has 0 aliphatic heterocycles. The Bertz CT molecular complexity index is 309. The van der Waals surface area contributed by atoms with Crippen LogP contribution in [0.3, 0.4) is 0 Å². The number of thiazole rings is 1. The molecule has 0 spiro atoms. The predicted molar refractivity (Wildman–Crippen MR) is 64.2 cm³/mol. The van der Waals surface area contributed by atoms with Crippen LogP contribution in [0.4, 0.5) is 0 Å². The third-order valence-corrected chi connectivity index (χ3v) is 2.57. The first-order valence-electron chi connectivity index (χ1n) is 5.02. The molecule has 1 aromatic rings. The van der Waals surface area contributed by atoms with Crippen molar-refractivity contribution in [2.24, 2.45) is 0 Å². The minimum absolute atomic E-state index is 0.650. The fourth-order valence-corrected chi connectivity index (χ4v) is 1.71. The van der Waals surface area contributed by atoms with Gasteiger partial charge in [-0.05, 0) is 13.8 Å². The molecular formula is C11H18N2OS. The molecule has 1 rings (SSSR count). The molecule has 0 saturated carbocycles. The van der Waals surface area contributed by atoms with Crippen LogP contribution in [-0.2, 0) is 11.3 Å². The van der Waals surface area contributed by atoms with Crippen molar-refractivity contribution >= 4 is 11.3 Å². The van der Waals surface area contributed by atoms with E-state index in [0.717, 1.165) is 36.0 Å². The van der Waals surface area contributed by atoms with Gasteiger partial charge in [-0.2, -0.15) is 0 Å². The van der Waals surface area contributed by atoms with Crippen molar-refractivity contribution < 1.29 is 4.74 Å². The van der Waals surface area contributed by atoms with Crippen LogP contribution in [0.15, 0.2) is 17.5 Å². The van der Waals surface area contributed by atoms with Gasteiger partial charge in [-0.25, -0.2) is 4.98 Å². The highest BCUT2D eigenvalue weighted by Gasteiger charge is 1.96. The van der Waals surface area contributed by atoms with E-state index in [1.165, 1.54) is 0 Å². The van der Waals surface area contributed by atoms with E-state index in [4.69, 9.17) is 4.74 Å². The van der Waals surface area contributed by atoms with Crippen LogP contribution in [0, 0.1) is 6.92 Å². The van der Waals surface area contributed by atoms with E-state index in [9.17, 15) is 0 Å². The zero-order valence-electron chi connectivity index (χ0n) is 9.38. The number of nitrogens with one attached hydrogen (secondary N) is 1. The van der Waals surface area contributed by atoms with Gasteiger partial charge >= 0.3 is 0 Å². The average Bonchev–Trinajstić information content (AvgIpc) is 2.57. The SMILES string of the molecule is C=C(C)COCCNCc1csc(C)n1. The summed E-state index contributed by atoms with van der Waals surface area (Å²) in [4.78, 5) is 4.36. The molecule has 0 saturated heterocycles. The average molecular weight is 226 g/mol. The summed E-state index contributed by atoms with van der Waals surface area (Å²) >= 11 is 1.68. The van der Waals surface area contributed by atoms with Crippen molar-refractivity contribution in [2.75, 3.05) is 19.8 Å². The maximum Gasteiger partial charge on any atom is 0.0897 e. The van der Waals surface area contributed by atoms with Crippen LogP contribution >= 0.6 is 11.3 Å². The van der Waals surface area contributed by atoms with Gasteiger partial charge in [0.05, 0.1) is 23.9 Å². The first-order chi connectivity index (χ1) is 7.18. The van der Waals surface area contributed by atoms with Gasteiger partial charge in [0.2, 0.25) is 0 Å². The lowest BCUT2D eigenvalue weighted by atomic mass is 10.4. The molecule has 4 heteroatoms. The standard InChI is InChI=1S/C11H18N2OS/c1-9(2)7-14-5-4-12-6-11-8-15-10(3)13-11/h8,12H,1,4-7H2,2-3H3. The topological polar surface area (TPSA) is 34.1 Å². The summed E-state index contributed by atoms with van der Waals surface area (Å²) in [6.07, 6.45) is 0.